The summed E-state index contributed by atoms with van der Waals surface area (Å²) in [5.41, 5.74) is 0.422. The molecule has 0 aliphatic carbocycles. The van der Waals surface area contributed by atoms with E-state index in [-0.39, 0.29) is 48.0 Å². The summed E-state index contributed by atoms with van der Waals surface area (Å²) in [6.07, 6.45) is -0.281. The number of amides is 2. The third-order valence-electron chi connectivity index (χ3n) is 7.21. The van der Waals surface area contributed by atoms with Crippen molar-refractivity contribution in [3.63, 3.8) is 0 Å². The average Bonchev–Trinajstić information content (AvgIpc) is 3.33. The second-order valence-corrected chi connectivity index (χ2v) is 12.4. The SMILES string of the molecule is Cc1ccc(C(=O)N(CCCNC(=O)OC(C)(C)C)C(c2nc3onc(C)c3c(=O)n2Cc2ccc(F)cc2)C(C)C)cc1F. The molecule has 0 fully saturated rings. The van der Waals surface area contributed by atoms with Gasteiger partial charge in [0.05, 0.1) is 18.3 Å². The van der Waals surface area contributed by atoms with Gasteiger partial charge in [0.2, 0.25) is 0 Å². The molecular formula is C33H39F2N5O5. The van der Waals surface area contributed by atoms with E-state index in [2.05, 4.69) is 10.5 Å². The van der Waals surface area contributed by atoms with Crippen LogP contribution in [0.1, 0.15) is 80.1 Å². The van der Waals surface area contributed by atoms with E-state index in [0.717, 1.165) is 0 Å². The highest BCUT2D eigenvalue weighted by atomic mass is 19.1. The molecule has 0 saturated heterocycles. The molecule has 0 aliphatic rings. The summed E-state index contributed by atoms with van der Waals surface area (Å²) in [6.45, 7) is 12.6. The van der Waals surface area contributed by atoms with Gasteiger partial charge >= 0.3 is 6.09 Å². The van der Waals surface area contributed by atoms with Crippen LogP contribution in [0.5, 0.6) is 0 Å². The summed E-state index contributed by atoms with van der Waals surface area (Å²) >= 11 is 0. The summed E-state index contributed by atoms with van der Waals surface area (Å²) in [6, 6.07) is 9.20. The molecule has 1 unspecified atom stereocenters. The van der Waals surface area contributed by atoms with Gasteiger partial charge in [-0.3, -0.25) is 14.2 Å². The van der Waals surface area contributed by atoms with Crippen molar-refractivity contribution < 1.29 is 27.6 Å². The van der Waals surface area contributed by atoms with Crippen molar-refractivity contribution >= 4 is 23.1 Å². The summed E-state index contributed by atoms with van der Waals surface area (Å²) in [7, 11) is 0. The number of halogens is 2. The van der Waals surface area contributed by atoms with E-state index >= 15 is 0 Å². The number of carbonyl (C=O) groups is 2. The fourth-order valence-corrected chi connectivity index (χ4v) is 5.04. The predicted octanol–water partition coefficient (Wildman–Crippen LogP) is 6.08. The molecule has 0 aliphatic heterocycles. The number of carbonyl (C=O) groups excluding carboxylic acids is 2. The Morgan fingerprint density at radius 1 is 1.09 bits per heavy atom. The van der Waals surface area contributed by atoms with E-state index in [1.165, 1.54) is 33.7 Å². The van der Waals surface area contributed by atoms with Crippen molar-refractivity contribution in [3.8, 4) is 0 Å². The molecule has 4 rings (SSSR count). The molecule has 0 bridgehead atoms. The summed E-state index contributed by atoms with van der Waals surface area (Å²) in [5, 5.41) is 6.83. The molecule has 240 valence electrons. The van der Waals surface area contributed by atoms with Crippen LogP contribution in [-0.4, -0.2) is 50.3 Å². The first-order valence-electron chi connectivity index (χ1n) is 14.8. The molecule has 0 radical (unpaired) electrons. The van der Waals surface area contributed by atoms with Gasteiger partial charge in [-0.15, -0.1) is 0 Å². The van der Waals surface area contributed by atoms with Crippen LogP contribution >= 0.6 is 0 Å². The maximum atomic E-state index is 14.6. The van der Waals surface area contributed by atoms with Gasteiger partial charge in [-0.05, 0) is 82.3 Å². The minimum absolute atomic E-state index is 0.0221. The Labute approximate surface area is 260 Å². The number of aryl methyl sites for hydroxylation is 2. The molecule has 2 aromatic carbocycles. The van der Waals surface area contributed by atoms with Crippen molar-refractivity contribution in [3.05, 3.63) is 92.7 Å². The lowest BCUT2D eigenvalue weighted by Crippen LogP contribution is -2.43. The van der Waals surface area contributed by atoms with Gasteiger partial charge in [0, 0.05) is 18.7 Å². The van der Waals surface area contributed by atoms with Crippen LogP contribution in [0.2, 0.25) is 0 Å². The first kappa shape index (κ1) is 33.3. The number of ether oxygens (including phenoxy) is 1. The smallest absolute Gasteiger partial charge is 0.407 e. The number of nitrogens with zero attached hydrogens (tertiary/aromatic N) is 4. The van der Waals surface area contributed by atoms with Gasteiger partial charge in [0.25, 0.3) is 17.2 Å². The molecule has 2 amide bonds. The summed E-state index contributed by atoms with van der Waals surface area (Å²) < 4.78 is 40.5. The zero-order chi connectivity index (χ0) is 33.1. The van der Waals surface area contributed by atoms with Crippen LogP contribution < -0.4 is 10.9 Å². The number of hydrogen-bond acceptors (Lipinski definition) is 7. The number of rotatable bonds is 10. The molecule has 12 heteroatoms. The standard InChI is InChI=1S/C33H39F2N5O5/c1-19(2)27(28-37-29-26(21(4)38-45-29)31(42)40(28)18-22-10-13-24(34)14-11-22)39(16-8-15-36-32(43)44-33(5,6)7)30(41)23-12-9-20(3)25(35)17-23/h9-14,17,19,27H,8,15-16,18H2,1-7H3,(H,36,43). The molecule has 2 aromatic heterocycles. The Morgan fingerprint density at radius 3 is 2.40 bits per heavy atom. The van der Waals surface area contributed by atoms with Crippen LogP contribution in [-0.2, 0) is 11.3 Å². The summed E-state index contributed by atoms with van der Waals surface area (Å²) in [4.78, 5) is 46.6. The maximum absolute atomic E-state index is 14.6. The second kappa shape index (κ2) is 13.6. The van der Waals surface area contributed by atoms with Crippen LogP contribution in [0.4, 0.5) is 13.6 Å². The van der Waals surface area contributed by atoms with E-state index in [1.807, 2.05) is 13.8 Å². The lowest BCUT2D eigenvalue weighted by Gasteiger charge is -2.35. The normalized spacial score (nSPS) is 12.4. The Kier molecular flexibility index (Phi) is 10.0. The van der Waals surface area contributed by atoms with Crippen molar-refractivity contribution in [2.45, 2.75) is 73.1 Å². The lowest BCUT2D eigenvalue weighted by atomic mass is 9.98. The number of nitrogens with one attached hydrogen (secondary N) is 1. The van der Waals surface area contributed by atoms with Gasteiger partial charge in [-0.25, -0.2) is 13.6 Å². The topological polar surface area (TPSA) is 120 Å². The third kappa shape index (κ3) is 7.92. The highest BCUT2D eigenvalue weighted by molar-refractivity contribution is 5.94. The first-order chi connectivity index (χ1) is 21.2. The molecule has 4 aromatic rings. The minimum atomic E-state index is -0.800. The van der Waals surface area contributed by atoms with Crippen LogP contribution in [0, 0.1) is 31.4 Å². The third-order valence-corrected chi connectivity index (χ3v) is 7.21. The number of hydrogen-bond donors (Lipinski definition) is 1. The molecule has 10 nitrogen and oxygen atoms in total. The lowest BCUT2D eigenvalue weighted by molar-refractivity contribution is 0.0519. The van der Waals surface area contributed by atoms with Crippen LogP contribution in [0.15, 0.2) is 51.8 Å². The fraction of sp³-hybridized carbons (Fsp3) is 0.424. The van der Waals surface area contributed by atoms with Crippen LogP contribution in [0.3, 0.4) is 0 Å². The number of benzene rings is 2. The Bertz CT molecular complexity index is 1740. The van der Waals surface area contributed by atoms with Crippen molar-refractivity contribution in [2.24, 2.45) is 5.92 Å². The van der Waals surface area contributed by atoms with Gasteiger partial charge in [-0.1, -0.05) is 37.2 Å². The van der Waals surface area contributed by atoms with Gasteiger partial charge in [-0.2, -0.15) is 4.98 Å². The Morgan fingerprint density at radius 2 is 1.78 bits per heavy atom. The van der Waals surface area contributed by atoms with E-state index in [1.54, 1.807) is 52.8 Å². The van der Waals surface area contributed by atoms with Crippen molar-refractivity contribution in [1.29, 1.82) is 0 Å². The number of fused-ring (bicyclic) bond motifs is 1. The molecule has 0 spiro atoms. The van der Waals surface area contributed by atoms with Crippen LogP contribution in [0.25, 0.3) is 11.1 Å². The highest BCUT2D eigenvalue weighted by Gasteiger charge is 2.34. The zero-order valence-electron chi connectivity index (χ0n) is 26.6. The van der Waals surface area contributed by atoms with Crippen molar-refractivity contribution in [2.75, 3.05) is 13.1 Å². The first-order valence-corrected chi connectivity index (χ1v) is 14.8. The molecule has 2 heterocycles. The monoisotopic (exact) mass is 623 g/mol. The largest absolute Gasteiger partial charge is 0.444 e. The average molecular weight is 624 g/mol. The fourth-order valence-electron chi connectivity index (χ4n) is 5.04. The Hall–Kier alpha value is -4.61. The predicted molar refractivity (Wildman–Crippen MR) is 165 cm³/mol. The maximum Gasteiger partial charge on any atom is 0.407 e. The van der Waals surface area contributed by atoms with Gasteiger partial charge in [0.1, 0.15) is 28.4 Å². The summed E-state index contributed by atoms with van der Waals surface area (Å²) in [5.74, 6) is -1.50. The number of alkyl carbamates (subject to hydrolysis) is 1. The Balaban J connectivity index is 1.80. The van der Waals surface area contributed by atoms with Gasteiger partial charge < -0.3 is 19.5 Å². The molecular weight excluding hydrogens is 584 g/mol. The van der Waals surface area contributed by atoms with E-state index < -0.39 is 40.8 Å². The quantitative estimate of drug-likeness (QED) is 0.213. The van der Waals surface area contributed by atoms with Crippen molar-refractivity contribution in [1.82, 2.24) is 24.9 Å². The zero-order valence-corrected chi connectivity index (χ0v) is 26.6. The van der Waals surface area contributed by atoms with E-state index in [9.17, 15) is 23.2 Å². The molecule has 0 saturated carbocycles. The molecule has 45 heavy (non-hydrogen) atoms. The second-order valence-electron chi connectivity index (χ2n) is 12.4. The van der Waals surface area contributed by atoms with Gasteiger partial charge in [0.15, 0.2) is 0 Å². The van der Waals surface area contributed by atoms with E-state index in [4.69, 9.17) is 14.2 Å². The minimum Gasteiger partial charge on any atom is -0.444 e. The molecule has 1 atom stereocenters. The number of aromatic nitrogens is 3. The highest BCUT2D eigenvalue weighted by Crippen LogP contribution is 2.31. The molecule has 1 N–H and O–H groups in total. The van der Waals surface area contributed by atoms with E-state index in [0.29, 0.717) is 23.2 Å².